The van der Waals surface area contributed by atoms with Crippen molar-refractivity contribution in [3.05, 3.63) is 30.1 Å². The van der Waals surface area contributed by atoms with Gasteiger partial charge in [-0.05, 0) is 18.6 Å². The van der Waals surface area contributed by atoms with Gasteiger partial charge in [0.25, 0.3) is 0 Å². The highest BCUT2D eigenvalue weighted by molar-refractivity contribution is 7.89. The van der Waals surface area contributed by atoms with Crippen LogP contribution in [0.15, 0.2) is 29.2 Å². The first-order chi connectivity index (χ1) is 8.51. The number of rotatable bonds is 7. The molecule has 0 fully saturated rings. The molecule has 0 aliphatic carbocycles. The quantitative estimate of drug-likeness (QED) is 0.827. The van der Waals surface area contributed by atoms with Crippen molar-refractivity contribution in [2.24, 2.45) is 0 Å². The Balaban J connectivity index is 2.90. The number of hydrogen-bond donors (Lipinski definition) is 1. The predicted molar refractivity (Wildman–Crippen MR) is 67.3 cm³/mol. The highest BCUT2D eigenvalue weighted by Crippen LogP contribution is 2.14. The summed E-state index contributed by atoms with van der Waals surface area (Å²) in [6, 6.07) is 4.97. The summed E-state index contributed by atoms with van der Waals surface area (Å²) in [6.45, 7) is 2.21. The van der Waals surface area contributed by atoms with Crippen molar-refractivity contribution in [3.8, 4) is 0 Å². The van der Waals surface area contributed by atoms with Crippen LogP contribution in [0.3, 0.4) is 0 Å². The van der Waals surface area contributed by atoms with Crippen LogP contribution in [0.25, 0.3) is 0 Å². The van der Waals surface area contributed by atoms with Gasteiger partial charge in [0.05, 0.1) is 6.61 Å². The molecule has 0 saturated carbocycles. The zero-order valence-corrected chi connectivity index (χ0v) is 11.3. The average Bonchev–Trinajstić information content (AvgIpc) is 2.29. The molecule has 0 radical (unpaired) electrons. The number of ether oxygens (including phenoxy) is 1. The van der Waals surface area contributed by atoms with Crippen molar-refractivity contribution in [1.82, 2.24) is 4.72 Å². The third-order valence-electron chi connectivity index (χ3n) is 2.45. The van der Waals surface area contributed by atoms with Gasteiger partial charge in [-0.15, -0.1) is 0 Å². The summed E-state index contributed by atoms with van der Waals surface area (Å²) in [5.74, 6) is -0.752. The maximum Gasteiger partial charge on any atom is 0.243 e. The highest BCUT2D eigenvalue weighted by atomic mass is 32.2. The Labute approximate surface area is 107 Å². The van der Waals surface area contributed by atoms with Gasteiger partial charge < -0.3 is 4.74 Å². The zero-order chi connectivity index (χ0) is 13.6. The lowest BCUT2D eigenvalue weighted by atomic mass is 10.2. The standard InChI is InChI=1S/C12H18FNO3S/c1-3-6-10(9-17-2)14-18(15,16)12-8-5-4-7-11(12)13/h4-5,7-8,10,14H,3,6,9H2,1-2H3. The summed E-state index contributed by atoms with van der Waals surface area (Å²) in [6.07, 6.45) is 1.45. The number of methoxy groups -OCH3 is 1. The normalized spacial score (nSPS) is 13.5. The van der Waals surface area contributed by atoms with Crippen molar-refractivity contribution in [2.45, 2.75) is 30.7 Å². The van der Waals surface area contributed by atoms with Crippen molar-refractivity contribution in [1.29, 1.82) is 0 Å². The largest absolute Gasteiger partial charge is 0.383 e. The van der Waals surface area contributed by atoms with Gasteiger partial charge in [-0.1, -0.05) is 25.5 Å². The number of nitrogens with one attached hydrogen (secondary N) is 1. The van der Waals surface area contributed by atoms with E-state index in [1.165, 1.54) is 25.3 Å². The van der Waals surface area contributed by atoms with Crippen LogP contribution in [0.2, 0.25) is 0 Å². The second-order valence-corrected chi connectivity index (χ2v) is 5.68. The smallest absolute Gasteiger partial charge is 0.243 e. The molecule has 6 heteroatoms. The van der Waals surface area contributed by atoms with Gasteiger partial charge in [-0.2, -0.15) is 0 Å². The Morgan fingerprint density at radius 2 is 2.06 bits per heavy atom. The summed E-state index contributed by atoms with van der Waals surface area (Å²) < 4.78 is 44.9. The first kappa shape index (κ1) is 15.1. The Hall–Kier alpha value is -0.980. The van der Waals surface area contributed by atoms with E-state index in [1.54, 1.807) is 0 Å². The van der Waals surface area contributed by atoms with E-state index in [1.807, 2.05) is 6.92 Å². The Kier molecular flexibility index (Phi) is 5.71. The number of sulfonamides is 1. The third-order valence-corrected chi connectivity index (χ3v) is 4.01. The average molecular weight is 275 g/mol. The molecule has 1 N–H and O–H groups in total. The highest BCUT2D eigenvalue weighted by Gasteiger charge is 2.22. The van der Waals surface area contributed by atoms with E-state index in [-0.39, 0.29) is 17.5 Å². The minimum atomic E-state index is -3.84. The monoisotopic (exact) mass is 275 g/mol. The van der Waals surface area contributed by atoms with Crippen LogP contribution in [0.1, 0.15) is 19.8 Å². The maximum absolute atomic E-state index is 13.5. The van der Waals surface area contributed by atoms with E-state index in [2.05, 4.69) is 4.72 Å². The molecule has 1 aromatic rings. The SMILES string of the molecule is CCCC(COC)NS(=O)(=O)c1ccccc1F. The molecule has 0 heterocycles. The zero-order valence-electron chi connectivity index (χ0n) is 10.5. The van der Waals surface area contributed by atoms with Crippen molar-refractivity contribution in [3.63, 3.8) is 0 Å². The van der Waals surface area contributed by atoms with Gasteiger partial charge in [0.15, 0.2) is 0 Å². The Morgan fingerprint density at radius 1 is 1.39 bits per heavy atom. The van der Waals surface area contributed by atoms with E-state index >= 15 is 0 Å². The minimum absolute atomic E-state index is 0.265. The van der Waals surface area contributed by atoms with Crippen LogP contribution in [0, 0.1) is 5.82 Å². The first-order valence-corrected chi connectivity index (χ1v) is 7.25. The summed E-state index contributed by atoms with van der Waals surface area (Å²) in [7, 11) is -2.34. The fraction of sp³-hybridized carbons (Fsp3) is 0.500. The van der Waals surface area contributed by atoms with Gasteiger partial charge in [-0.3, -0.25) is 0 Å². The molecule has 1 atom stereocenters. The van der Waals surface area contributed by atoms with Gasteiger partial charge in [-0.25, -0.2) is 17.5 Å². The van der Waals surface area contributed by atoms with Crippen LogP contribution in [0.5, 0.6) is 0 Å². The maximum atomic E-state index is 13.5. The molecule has 1 aromatic carbocycles. The molecule has 4 nitrogen and oxygen atoms in total. The molecule has 18 heavy (non-hydrogen) atoms. The fourth-order valence-electron chi connectivity index (χ4n) is 1.67. The van der Waals surface area contributed by atoms with Crippen molar-refractivity contribution >= 4 is 10.0 Å². The van der Waals surface area contributed by atoms with E-state index in [9.17, 15) is 12.8 Å². The van der Waals surface area contributed by atoms with E-state index in [0.29, 0.717) is 6.42 Å². The molecular formula is C12H18FNO3S. The molecule has 0 spiro atoms. The molecule has 0 aromatic heterocycles. The second-order valence-electron chi connectivity index (χ2n) is 3.99. The van der Waals surface area contributed by atoms with Crippen LogP contribution in [-0.2, 0) is 14.8 Å². The van der Waals surface area contributed by atoms with Crippen LogP contribution < -0.4 is 4.72 Å². The Bertz CT molecular complexity index is 470. The number of halogens is 1. The van der Waals surface area contributed by atoms with Crippen molar-refractivity contribution in [2.75, 3.05) is 13.7 Å². The van der Waals surface area contributed by atoms with Gasteiger partial charge in [0, 0.05) is 13.2 Å². The summed E-state index contributed by atoms with van der Waals surface area (Å²) >= 11 is 0. The summed E-state index contributed by atoms with van der Waals surface area (Å²) in [5.41, 5.74) is 0. The van der Waals surface area contributed by atoms with Crippen LogP contribution in [-0.4, -0.2) is 28.2 Å². The number of hydrogen-bond acceptors (Lipinski definition) is 3. The molecule has 0 saturated heterocycles. The molecule has 0 aliphatic rings. The van der Waals surface area contributed by atoms with E-state index < -0.39 is 15.8 Å². The lowest BCUT2D eigenvalue weighted by molar-refractivity contribution is 0.171. The lowest BCUT2D eigenvalue weighted by Crippen LogP contribution is -2.38. The first-order valence-electron chi connectivity index (χ1n) is 5.77. The fourth-order valence-corrected chi connectivity index (χ4v) is 3.01. The summed E-state index contributed by atoms with van der Waals surface area (Å²) in [5, 5.41) is 0. The molecule has 0 bridgehead atoms. The van der Waals surface area contributed by atoms with Gasteiger partial charge in [0.2, 0.25) is 10.0 Å². The van der Waals surface area contributed by atoms with E-state index in [4.69, 9.17) is 4.74 Å². The minimum Gasteiger partial charge on any atom is -0.383 e. The molecule has 0 aliphatic heterocycles. The number of benzene rings is 1. The predicted octanol–water partition coefficient (Wildman–Crippen LogP) is 1.92. The van der Waals surface area contributed by atoms with Gasteiger partial charge in [0.1, 0.15) is 10.7 Å². The Morgan fingerprint density at radius 3 is 2.61 bits per heavy atom. The van der Waals surface area contributed by atoms with Crippen molar-refractivity contribution < 1.29 is 17.5 Å². The molecule has 0 amide bonds. The molecule has 1 rings (SSSR count). The van der Waals surface area contributed by atoms with Crippen LogP contribution in [0.4, 0.5) is 4.39 Å². The summed E-state index contributed by atoms with van der Waals surface area (Å²) in [4.78, 5) is -0.331. The molecule has 102 valence electrons. The molecule has 1 unspecified atom stereocenters. The van der Waals surface area contributed by atoms with Gasteiger partial charge >= 0.3 is 0 Å². The molecular weight excluding hydrogens is 257 g/mol. The topological polar surface area (TPSA) is 55.4 Å². The third kappa shape index (κ3) is 4.04. The second kappa shape index (κ2) is 6.82. The lowest BCUT2D eigenvalue weighted by Gasteiger charge is -2.17. The van der Waals surface area contributed by atoms with E-state index in [0.717, 1.165) is 12.5 Å². The van der Waals surface area contributed by atoms with Crippen LogP contribution >= 0.6 is 0 Å².